The fraction of sp³-hybridized carbons (Fsp3) is 0.750. The lowest BCUT2D eigenvalue weighted by Gasteiger charge is -2.24. The Hall–Kier alpha value is -0.790. The Morgan fingerprint density at radius 3 is 2.43 bits per heavy atom. The van der Waals surface area contributed by atoms with Gasteiger partial charge in [-0.3, -0.25) is 4.68 Å². The fourth-order valence-electron chi connectivity index (χ4n) is 1.68. The van der Waals surface area contributed by atoms with Gasteiger partial charge >= 0.3 is 0 Å². The molecular weight excluding hydrogens is 172 g/mol. The molecule has 1 aromatic rings. The molecule has 0 aliphatic rings. The summed E-state index contributed by atoms with van der Waals surface area (Å²) >= 11 is 0. The Bertz CT molecular complexity index is 272. The van der Waals surface area contributed by atoms with Crippen LogP contribution in [0.15, 0.2) is 12.4 Å². The van der Waals surface area contributed by atoms with Crippen LogP contribution in [0.2, 0.25) is 0 Å². The van der Waals surface area contributed by atoms with Crippen molar-refractivity contribution < 1.29 is 0 Å². The molecule has 14 heavy (non-hydrogen) atoms. The summed E-state index contributed by atoms with van der Waals surface area (Å²) < 4.78 is 2.05. The summed E-state index contributed by atoms with van der Waals surface area (Å²) in [4.78, 5) is 0. The van der Waals surface area contributed by atoms with Crippen molar-refractivity contribution in [2.24, 2.45) is 0 Å². The van der Waals surface area contributed by atoms with Gasteiger partial charge in [0.2, 0.25) is 0 Å². The first-order valence-corrected chi connectivity index (χ1v) is 5.69. The molecule has 0 atom stereocenters. The maximum absolute atomic E-state index is 4.38. The first kappa shape index (κ1) is 11.3. The second-order valence-electron chi connectivity index (χ2n) is 4.26. The van der Waals surface area contributed by atoms with Crippen LogP contribution in [-0.4, -0.2) is 9.78 Å². The van der Waals surface area contributed by atoms with Crippen molar-refractivity contribution in [1.29, 1.82) is 0 Å². The number of nitrogens with zero attached hydrogens (tertiary/aromatic N) is 2. The summed E-state index contributed by atoms with van der Waals surface area (Å²) in [6.07, 6.45) is 7.75. The normalized spacial score (nSPS) is 12.0. The second-order valence-corrected chi connectivity index (χ2v) is 4.26. The molecule has 1 rings (SSSR count). The van der Waals surface area contributed by atoms with E-state index in [0.717, 1.165) is 13.0 Å². The molecular formula is C12H22N2. The van der Waals surface area contributed by atoms with Crippen LogP contribution < -0.4 is 0 Å². The number of aryl methyl sites for hydroxylation is 1. The van der Waals surface area contributed by atoms with Crippen LogP contribution >= 0.6 is 0 Å². The van der Waals surface area contributed by atoms with Gasteiger partial charge in [-0.1, -0.05) is 27.7 Å². The van der Waals surface area contributed by atoms with Crippen LogP contribution in [0.25, 0.3) is 0 Å². The minimum Gasteiger partial charge on any atom is -0.272 e. The lowest BCUT2D eigenvalue weighted by molar-refractivity contribution is 0.438. The van der Waals surface area contributed by atoms with Crippen LogP contribution in [0.4, 0.5) is 0 Å². The van der Waals surface area contributed by atoms with E-state index in [2.05, 4.69) is 43.7 Å². The van der Waals surface area contributed by atoms with Crippen molar-refractivity contribution >= 4 is 0 Å². The lowest BCUT2D eigenvalue weighted by Crippen LogP contribution is -2.18. The van der Waals surface area contributed by atoms with Gasteiger partial charge in [0.25, 0.3) is 0 Å². The van der Waals surface area contributed by atoms with Gasteiger partial charge in [0, 0.05) is 12.7 Å². The number of hydrogen-bond donors (Lipinski definition) is 0. The molecule has 0 saturated carbocycles. The van der Waals surface area contributed by atoms with Gasteiger partial charge in [-0.05, 0) is 30.2 Å². The highest BCUT2D eigenvalue weighted by Crippen LogP contribution is 2.30. The number of hydrogen-bond acceptors (Lipinski definition) is 1. The van der Waals surface area contributed by atoms with Gasteiger partial charge < -0.3 is 0 Å². The molecule has 0 saturated heterocycles. The van der Waals surface area contributed by atoms with Gasteiger partial charge in [0.05, 0.1) is 6.20 Å². The Labute approximate surface area is 87.3 Å². The van der Waals surface area contributed by atoms with E-state index in [4.69, 9.17) is 0 Å². The summed E-state index contributed by atoms with van der Waals surface area (Å²) in [7, 11) is 0. The van der Waals surface area contributed by atoms with Crippen molar-refractivity contribution in [3.05, 3.63) is 18.0 Å². The molecule has 0 aliphatic heterocycles. The molecule has 2 heteroatoms. The second kappa shape index (κ2) is 4.63. The Kier molecular flexibility index (Phi) is 3.73. The van der Waals surface area contributed by atoms with Crippen molar-refractivity contribution in [2.45, 2.75) is 58.9 Å². The molecule has 0 fully saturated rings. The minimum absolute atomic E-state index is 0.311. The maximum Gasteiger partial charge on any atom is 0.0527 e. The van der Waals surface area contributed by atoms with E-state index in [0.29, 0.717) is 5.41 Å². The van der Waals surface area contributed by atoms with Crippen LogP contribution in [0.1, 0.15) is 52.5 Å². The Balaban J connectivity index is 2.84. The average molecular weight is 194 g/mol. The summed E-state index contributed by atoms with van der Waals surface area (Å²) in [5.74, 6) is 0. The van der Waals surface area contributed by atoms with E-state index in [-0.39, 0.29) is 0 Å². The van der Waals surface area contributed by atoms with E-state index < -0.39 is 0 Å². The molecule has 0 aromatic carbocycles. The van der Waals surface area contributed by atoms with Crippen molar-refractivity contribution in [3.8, 4) is 0 Å². The van der Waals surface area contributed by atoms with Gasteiger partial charge in [-0.2, -0.15) is 5.10 Å². The molecule has 0 bridgehead atoms. The van der Waals surface area contributed by atoms with Crippen molar-refractivity contribution in [3.63, 3.8) is 0 Å². The van der Waals surface area contributed by atoms with Gasteiger partial charge in [0.15, 0.2) is 0 Å². The highest BCUT2D eigenvalue weighted by Gasteiger charge is 2.23. The third kappa shape index (κ3) is 2.17. The molecule has 0 N–H and O–H groups in total. The van der Waals surface area contributed by atoms with E-state index in [1.54, 1.807) is 0 Å². The van der Waals surface area contributed by atoms with Crippen molar-refractivity contribution in [2.75, 3.05) is 0 Å². The number of rotatable bonds is 5. The molecule has 1 aromatic heterocycles. The van der Waals surface area contributed by atoms with Crippen LogP contribution in [0.5, 0.6) is 0 Å². The van der Waals surface area contributed by atoms with E-state index >= 15 is 0 Å². The monoisotopic (exact) mass is 194 g/mol. The molecule has 0 unspecified atom stereocenters. The highest BCUT2D eigenvalue weighted by atomic mass is 15.3. The van der Waals surface area contributed by atoms with Crippen molar-refractivity contribution in [1.82, 2.24) is 9.78 Å². The quantitative estimate of drug-likeness (QED) is 0.702. The van der Waals surface area contributed by atoms with Crippen LogP contribution in [-0.2, 0) is 12.0 Å². The SMILES string of the molecule is CCCn1cc(C(C)(CC)CC)cn1. The predicted octanol–water partition coefficient (Wildman–Crippen LogP) is 3.37. The largest absolute Gasteiger partial charge is 0.272 e. The summed E-state index contributed by atoms with van der Waals surface area (Å²) in [6.45, 7) is 10.0. The standard InChI is InChI=1S/C12H22N2/c1-5-8-14-10-11(9-13-14)12(4,6-2)7-3/h9-10H,5-8H2,1-4H3. The summed E-state index contributed by atoms with van der Waals surface area (Å²) in [5.41, 5.74) is 1.70. The van der Waals surface area contributed by atoms with Gasteiger partial charge in [0.1, 0.15) is 0 Å². The maximum atomic E-state index is 4.38. The average Bonchev–Trinajstić information content (AvgIpc) is 2.66. The Morgan fingerprint density at radius 2 is 1.93 bits per heavy atom. The number of aromatic nitrogens is 2. The van der Waals surface area contributed by atoms with Crippen LogP contribution in [0.3, 0.4) is 0 Å². The zero-order valence-electron chi connectivity index (χ0n) is 9.88. The lowest BCUT2D eigenvalue weighted by atomic mass is 9.79. The minimum atomic E-state index is 0.311. The van der Waals surface area contributed by atoms with E-state index in [1.807, 2.05) is 6.20 Å². The smallest absolute Gasteiger partial charge is 0.0527 e. The van der Waals surface area contributed by atoms with E-state index in [9.17, 15) is 0 Å². The molecule has 0 radical (unpaired) electrons. The topological polar surface area (TPSA) is 17.8 Å². The molecule has 0 amide bonds. The molecule has 1 heterocycles. The van der Waals surface area contributed by atoms with Crippen LogP contribution in [0, 0.1) is 0 Å². The predicted molar refractivity (Wildman–Crippen MR) is 60.5 cm³/mol. The molecule has 80 valence electrons. The molecule has 2 nitrogen and oxygen atoms in total. The van der Waals surface area contributed by atoms with E-state index in [1.165, 1.54) is 18.4 Å². The zero-order chi connectivity index (χ0) is 10.6. The Morgan fingerprint density at radius 1 is 1.29 bits per heavy atom. The van der Waals surface area contributed by atoms with Gasteiger partial charge in [-0.15, -0.1) is 0 Å². The first-order chi connectivity index (χ1) is 6.66. The molecule has 0 spiro atoms. The van der Waals surface area contributed by atoms with Gasteiger partial charge in [-0.25, -0.2) is 0 Å². The zero-order valence-corrected chi connectivity index (χ0v) is 9.88. The third-order valence-electron chi connectivity index (χ3n) is 3.34. The summed E-state index contributed by atoms with van der Waals surface area (Å²) in [6, 6.07) is 0. The third-order valence-corrected chi connectivity index (χ3v) is 3.34. The first-order valence-electron chi connectivity index (χ1n) is 5.69. The molecule has 0 aliphatic carbocycles. The fourth-order valence-corrected chi connectivity index (χ4v) is 1.68. The highest BCUT2D eigenvalue weighted by molar-refractivity contribution is 5.17. The summed E-state index contributed by atoms with van der Waals surface area (Å²) in [5, 5.41) is 4.38.